The van der Waals surface area contributed by atoms with Crippen molar-refractivity contribution in [3.05, 3.63) is 66.8 Å². The Hall–Kier alpha value is -6.10. The van der Waals surface area contributed by atoms with Crippen molar-refractivity contribution in [2.24, 2.45) is 0 Å². The number of anilines is 3. The van der Waals surface area contributed by atoms with Gasteiger partial charge < -0.3 is 30.6 Å². The van der Waals surface area contributed by atoms with E-state index in [0.29, 0.717) is 105 Å². The van der Waals surface area contributed by atoms with Crippen LogP contribution >= 0.6 is 0 Å². The van der Waals surface area contributed by atoms with Gasteiger partial charge in [0.05, 0.1) is 17.6 Å². The van der Waals surface area contributed by atoms with Crippen LogP contribution in [0.4, 0.5) is 17.7 Å². The van der Waals surface area contributed by atoms with Crippen molar-refractivity contribution in [1.29, 1.82) is 0 Å². The van der Waals surface area contributed by atoms with E-state index < -0.39 is 0 Å². The molecule has 1 aliphatic heterocycles. The van der Waals surface area contributed by atoms with E-state index in [9.17, 15) is 9.59 Å². The molecule has 268 valence electrons. The van der Waals surface area contributed by atoms with Gasteiger partial charge in [-0.05, 0) is 37.0 Å². The number of H-pyrrole nitrogens is 1. The summed E-state index contributed by atoms with van der Waals surface area (Å²) in [6.45, 7) is 4.30. The van der Waals surface area contributed by atoms with Gasteiger partial charge in [0.1, 0.15) is 29.3 Å². The van der Waals surface area contributed by atoms with Gasteiger partial charge in [0.15, 0.2) is 5.65 Å². The lowest BCUT2D eigenvalue weighted by atomic mass is 10.1. The van der Waals surface area contributed by atoms with Crippen LogP contribution in [0.15, 0.2) is 55.6 Å². The number of unbranched alkanes of at least 4 members (excludes halogenated alkanes) is 1. The highest BCUT2D eigenvalue weighted by Crippen LogP contribution is 2.31. The number of nitrogens with one attached hydrogen (secondary N) is 2. The molecule has 0 unspecified atom stereocenters. The molecular formula is C35H40N14O3. The van der Waals surface area contributed by atoms with Gasteiger partial charge in [-0.2, -0.15) is 5.10 Å². The van der Waals surface area contributed by atoms with E-state index in [1.807, 2.05) is 23.0 Å². The highest BCUT2D eigenvalue weighted by atomic mass is 16.5. The molecule has 0 radical (unpaired) electrons. The summed E-state index contributed by atoms with van der Waals surface area (Å²) in [6.07, 6.45) is 14.7. The molecule has 0 spiro atoms. The molecule has 7 heterocycles. The minimum Gasteiger partial charge on any atom is -0.384 e. The molecule has 1 fully saturated rings. The van der Waals surface area contributed by atoms with Gasteiger partial charge in [-0.1, -0.05) is 0 Å². The normalized spacial score (nSPS) is 13.2. The second kappa shape index (κ2) is 15.8. The van der Waals surface area contributed by atoms with E-state index in [-0.39, 0.29) is 11.7 Å². The maximum absolute atomic E-state index is 12.8. The summed E-state index contributed by atoms with van der Waals surface area (Å²) in [7, 11) is 1.59. The summed E-state index contributed by atoms with van der Waals surface area (Å²) in [6, 6.07) is 3.97. The second-order valence-electron chi connectivity index (χ2n) is 12.6. The van der Waals surface area contributed by atoms with Crippen molar-refractivity contribution in [3.63, 3.8) is 0 Å². The number of amides is 1. The molecule has 1 saturated heterocycles. The van der Waals surface area contributed by atoms with Crippen LogP contribution < -0.4 is 20.9 Å². The molecule has 17 heteroatoms. The number of carbonyl (C=O) groups excluding carboxylic acids is 2. The Bertz CT molecular complexity index is 2140. The second-order valence-corrected chi connectivity index (χ2v) is 12.6. The fourth-order valence-corrected chi connectivity index (χ4v) is 6.12. The van der Waals surface area contributed by atoms with Crippen LogP contribution in [0.1, 0.15) is 41.6 Å². The van der Waals surface area contributed by atoms with E-state index in [2.05, 4.69) is 55.0 Å². The molecule has 0 aromatic carbocycles. The number of aromatic nitrogens is 10. The lowest BCUT2D eigenvalue weighted by Gasteiger charge is -2.34. The predicted molar refractivity (Wildman–Crippen MR) is 195 cm³/mol. The molecule has 52 heavy (non-hydrogen) atoms. The van der Waals surface area contributed by atoms with E-state index >= 15 is 0 Å². The monoisotopic (exact) mass is 704 g/mol. The maximum Gasteiger partial charge on any atom is 0.254 e. The minimum absolute atomic E-state index is 0.170. The number of pyridine rings is 1. The Balaban J connectivity index is 0.859. The van der Waals surface area contributed by atoms with Crippen molar-refractivity contribution in [1.82, 2.24) is 55.0 Å². The fourth-order valence-electron chi connectivity index (χ4n) is 6.12. The Labute approximate surface area is 299 Å². The molecule has 0 bridgehead atoms. The van der Waals surface area contributed by atoms with Crippen LogP contribution in [0.25, 0.3) is 33.3 Å². The van der Waals surface area contributed by atoms with Gasteiger partial charge in [0.2, 0.25) is 11.9 Å². The standard InChI is InChI=1S/C35H40N14O3/c1-52-15-7-27(50)5-4-23-17-40-34(41-18-23)47-11-13-48(14-12-47)35-42-20-26(21-43-35)33(51)38-8-2-3-10-49-32-28(30(36)44-22-45-32)29(46-49)25-16-24-6-9-37-31(24)39-19-25/h6,9,16-22H,2-5,7-8,10-15H2,1H3,(H,37,39)(H,38,51)(H2,36,44,45). The summed E-state index contributed by atoms with van der Waals surface area (Å²) >= 11 is 0. The first kappa shape index (κ1) is 34.4. The van der Waals surface area contributed by atoms with Gasteiger partial charge in [0.25, 0.3) is 5.91 Å². The molecule has 6 aromatic rings. The highest BCUT2D eigenvalue weighted by molar-refractivity contribution is 5.99. The number of aryl methyl sites for hydroxylation is 2. The largest absolute Gasteiger partial charge is 0.384 e. The number of nitrogens with two attached hydrogens (primary N) is 1. The minimum atomic E-state index is -0.226. The molecule has 4 N–H and O–H groups in total. The fraction of sp³-hybridized carbons (Fsp3) is 0.371. The third kappa shape index (κ3) is 7.78. The molecule has 0 aliphatic carbocycles. The quantitative estimate of drug-likeness (QED) is 0.131. The number of hydrogen-bond donors (Lipinski definition) is 3. The number of methoxy groups -OCH3 is 1. The molecule has 1 aliphatic rings. The Morgan fingerprint density at radius 3 is 2.37 bits per heavy atom. The maximum atomic E-state index is 12.8. The number of aromatic amines is 1. The summed E-state index contributed by atoms with van der Waals surface area (Å²) in [5, 5.41) is 9.46. The number of rotatable bonds is 15. The number of fused-ring (bicyclic) bond motifs is 2. The van der Waals surface area contributed by atoms with Crippen LogP contribution in [0.2, 0.25) is 0 Å². The first-order valence-electron chi connectivity index (χ1n) is 17.3. The average Bonchev–Trinajstić information content (AvgIpc) is 3.81. The predicted octanol–water partition coefficient (Wildman–Crippen LogP) is 2.61. The first-order chi connectivity index (χ1) is 25.5. The lowest BCUT2D eigenvalue weighted by Crippen LogP contribution is -2.47. The number of nitrogens with zero attached hydrogens (tertiary/aromatic N) is 11. The van der Waals surface area contributed by atoms with Crippen LogP contribution in [0, 0.1) is 0 Å². The molecule has 1 amide bonds. The highest BCUT2D eigenvalue weighted by Gasteiger charge is 2.22. The number of ketones is 1. The summed E-state index contributed by atoms with van der Waals surface area (Å²) in [4.78, 5) is 63.2. The number of Topliss-reactive ketones (excluding diaryl/α,β-unsaturated/α-hetero) is 1. The van der Waals surface area contributed by atoms with Gasteiger partial charge in [-0.3, -0.25) is 9.59 Å². The number of hydrogen-bond acceptors (Lipinski definition) is 14. The zero-order chi connectivity index (χ0) is 35.9. The zero-order valence-electron chi connectivity index (χ0n) is 28.9. The van der Waals surface area contributed by atoms with Crippen molar-refractivity contribution in [3.8, 4) is 11.3 Å². The zero-order valence-corrected chi connectivity index (χ0v) is 28.9. The number of ether oxygens (including phenoxy) is 1. The van der Waals surface area contributed by atoms with Crippen molar-refractivity contribution in [2.75, 3.05) is 62.0 Å². The van der Waals surface area contributed by atoms with Gasteiger partial charge in [0, 0.05) is 107 Å². The van der Waals surface area contributed by atoms with Crippen LogP contribution in [0.3, 0.4) is 0 Å². The molecule has 17 nitrogen and oxygen atoms in total. The molecular weight excluding hydrogens is 664 g/mol. The average molecular weight is 705 g/mol. The SMILES string of the molecule is COCCC(=O)CCc1cnc(N2CCN(c3ncc(C(=O)NCCCCn4nc(-c5cnc6[nH]ccc6c5)c5c(N)ncnc54)cn3)CC2)nc1. The smallest absolute Gasteiger partial charge is 0.254 e. The lowest BCUT2D eigenvalue weighted by molar-refractivity contribution is -0.119. The van der Waals surface area contributed by atoms with Gasteiger partial charge in [-0.15, -0.1) is 0 Å². The van der Waals surface area contributed by atoms with E-state index in [1.165, 1.54) is 6.33 Å². The number of carbonyl (C=O) groups is 2. The van der Waals surface area contributed by atoms with E-state index in [0.717, 1.165) is 35.0 Å². The molecule has 0 atom stereocenters. The third-order valence-corrected chi connectivity index (χ3v) is 9.03. The van der Waals surface area contributed by atoms with E-state index in [1.54, 1.807) is 38.1 Å². The summed E-state index contributed by atoms with van der Waals surface area (Å²) in [5.41, 5.74) is 10.6. The molecule has 0 saturated carbocycles. The molecule has 6 aromatic heterocycles. The topological polar surface area (TPSA) is 212 Å². The Morgan fingerprint density at radius 1 is 0.904 bits per heavy atom. The number of nitrogen functional groups attached to an aromatic ring is 1. The Morgan fingerprint density at radius 2 is 1.63 bits per heavy atom. The summed E-state index contributed by atoms with van der Waals surface area (Å²) < 4.78 is 6.80. The van der Waals surface area contributed by atoms with Gasteiger partial charge >= 0.3 is 0 Å². The van der Waals surface area contributed by atoms with Crippen molar-refractivity contribution >= 4 is 51.5 Å². The van der Waals surface area contributed by atoms with Crippen molar-refractivity contribution < 1.29 is 14.3 Å². The van der Waals surface area contributed by atoms with Crippen LogP contribution in [-0.4, -0.2) is 108 Å². The van der Waals surface area contributed by atoms with Crippen LogP contribution in [-0.2, 0) is 22.5 Å². The summed E-state index contributed by atoms with van der Waals surface area (Å²) in [5.74, 6) is 1.54. The molecule has 7 rings (SSSR count). The Kier molecular flexibility index (Phi) is 10.5. The first-order valence-corrected chi connectivity index (χ1v) is 17.3. The van der Waals surface area contributed by atoms with E-state index in [4.69, 9.17) is 15.6 Å². The number of piperazine rings is 1. The van der Waals surface area contributed by atoms with Crippen LogP contribution in [0.5, 0.6) is 0 Å². The van der Waals surface area contributed by atoms with Gasteiger partial charge in [-0.25, -0.2) is 39.6 Å². The third-order valence-electron chi connectivity index (χ3n) is 9.03. The van der Waals surface area contributed by atoms with Crippen molar-refractivity contribution in [2.45, 2.75) is 38.6 Å².